The van der Waals surface area contributed by atoms with Crippen LogP contribution >= 0.6 is 0 Å². The zero-order valence-corrected chi connectivity index (χ0v) is 11.6. The van der Waals surface area contributed by atoms with E-state index in [4.69, 9.17) is 13.1 Å². The van der Waals surface area contributed by atoms with Crippen molar-refractivity contribution >= 4 is 5.69 Å². The van der Waals surface area contributed by atoms with E-state index in [9.17, 15) is 0 Å². The molecule has 96 valence electrons. The largest absolute Gasteiger partial charge is 0.374 e. The van der Waals surface area contributed by atoms with Crippen molar-refractivity contribution in [1.29, 1.82) is 0 Å². The maximum Gasteiger partial charge on any atom is 0.253 e. The van der Waals surface area contributed by atoms with Gasteiger partial charge in [0.25, 0.3) is 5.82 Å². The summed E-state index contributed by atoms with van der Waals surface area (Å²) >= 11 is 0. The highest BCUT2D eigenvalue weighted by atomic mass is 15.5. The molecule has 0 saturated carbocycles. The summed E-state index contributed by atoms with van der Waals surface area (Å²) in [5.74, 6) is 0.833. The van der Waals surface area contributed by atoms with Gasteiger partial charge in [0, 0.05) is 6.92 Å². The number of benzene rings is 1. The number of rotatable bonds is 1. The molecule has 4 nitrogen and oxygen atoms in total. The fourth-order valence-corrected chi connectivity index (χ4v) is 2.42. The molecule has 4 heteroatoms. The third-order valence-corrected chi connectivity index (χ3v) is 3.52. The maximum atomic E-state index is 7.36. The quantitative estimate of drug-likeness (QED) is 0.712. The monoisotopic (exact) mass is 252 g/mol. The normalized spacial score (nSPS) is 18.5. The lowest BCUT2D eigenvalue weighted by Crippen LogP contribution is -2.35. The molecule has 0 unspecified atom stereocenters. The summed E-state index contributed by atoms with van der Waals surface area (Å²) in [4.78, 5) is 10.8. The van der Waals surface area contributed by atoms with Gasteiger partial charge in [-0.3, -0.25) is 4.90 Å². The van der Waals surface area contributed by atoms with Crippen molar-refractivity contribution < 1.29 is 0 Å². The zero-order chi connectivity index (χ0) is 14.2. The van der Waals surface area contributed by atoms with Gasteiger partial charge < -0.3 is 14.6 Å². The predicted octanol–water partition coefficient (Wildman–Crippen LogP) is 3.37. The summed E-state index contributed by atoms with van der Waals surface area (Å²) in [6.45, 7) is 20.7. The van der Waals surface area contributed by atoms with E-state index in [0.29, 0.717) is 11.6 Å². The van der Waals surface area contributed by atoms with E-state index >= 15 is 0 Å². The first kappa shape index (κ1) is 13.0. The van der Waals surface area contributed by atoms with Crippen molar-refractivity contribution in [2.75, 3.05) is 11.9 Å². The fraction of sp³-hybridized carbons (Fsp3) is 0.333. The molecule has 0 aliphatic carbocycles. The summed E-state index contributed by atoms with van der Waals surface area (Å²) in [7, 11) is 1.85. The number of nitrogens with zero attached hydrogens (tertiary/aromatic N) is 4. The van der Waals surface area contributed by atoms with E-state index in [2.05, 4.69) is 15.8 Å². The molecule has 1 heterocycles. The van der Waals surface area contributed by atoms with Gasteiger partial charge in [-0.1, -0.05) is 30.8 Å². The highest BCUT2D eigenvalue weighted by Crippen LogP contribution is 2.36. The van der Waals surface area contributed by atoms with Gasteiger partial charge in [0.05, 0.1) is 7.05 Å². The molecule has 0 saturated heterocycles. The first-order valence-electron chi connectivity index (χ1n) is 6.09. The van der Waals surface area contributed by atoms with Gasteiger partial charge in [-0.05, 0) is 25.5 Å². The number of anilines is 1. The molecule has 0 fully saturated rings. The summed E-state index contributed by atoms with van der Waals surface area (Å²) < 4.78 is 0. The molecule has 1 aromatic rings. The molecule has 0 bridgehead atoms. The Morgan fingerprint density at radius 3 is 2.26 bits per heavy atom. The molecule has 2 rings (SSSR count). The predicted molar refractivity (Wildman–Crippen MR) is 75.9 cm³/mol. The third kappa shape index (κ3) is 1.92. The highest BCUT2D eigenvalue weighted by molar-refractivity contribution is 5.63. The van der Waals surface area contributed by atoms with Crippen LogP contribution in [0, 0.1) is 27.0 Å². The Hall–Kier alpha value is -2.46. The van der Waals surface area contributed by atoms with E-state index < -0.39 is 0 Å². The first-order chi connectivity index (χ1) is 9.01. The molecule has 1 aliphatic heterocycles. The van der Waals surface area contributed by atoms with Gasteiger partial charge in [-0.25, -0.2) is 0 Å². The van der Waals surface area contributed by atoms with Gasteiger partial charge in [-0.2, -0.15) is 0 Å². The second-order valence-electron chi connectivity index (χ2n) is 4.77. The second kappa shape index (κ2) is 4.66. The van der Waals surface area contributed by atoms with Crippen LogP contribution in [0.25, 0.3) is 9.69 Å². The Morgan fingerprint density at radius 1 is 1.11 bits per heavy atom. The minimum absolute atomic E-state index is 0.0189. The standard InChI is InChI=1S/C15H16N4/c1-10-7-8-13(11(2)9-10)19-12(3)18(6)14(16-4)15(19)17-5/h7-9,12H,1-3,6H3/t12-/m0/s1. The van der Waals surface area contributed by atoms with Gasteiger partial charge >= 0.3 is 0 Å². The van der Waals surface area contributed by atoms with Crippen LogP contribution in [0.3, 0.4) is 0 Å². The first-order valence-corrected chi connectivity index (χ1v) is 6.09. The van der Waals surface area contributed by atoms with Gasteiger partial charge in [0.1, 0.15) is 5.69 Å². The van der Waals surface area contributed by atoms with Crippen molar-refractivity contribution in [2.45, 2.75) is 26.9 Å². The summed E-state index contributed by atoms with van der Waals surface area (Å²) in [5, 5.41) is 0. The smallest absolute Gasteiger partial charge is 0.253 e. The van der Waals surface area contributed by atoms with Crippen LogP contribution < -0.4 is 4.90 Å². The minimum Gasteiger partial charge on any atom is -0.374 e. The Bertz CT molecular complexity index is 631. The third-order valence-electron chi connectivity index (χ3n) is 3.52. The molecular weight excluding hydrogens is 236 g/mol. The van der Waals surface area contributed by atoms with Crippen LogP contribution in [-0.4, -0.2) is 18.1 Å². The lowest BCUT2D eigenvalue weighted by molar-refractivity contribution is 0.364. The van der Waals surface area contributed by atoms with E-state index in [-0.39, 0.29) is 6.17 Å². The molecule has 0 N–H and O–H groups in total. The van der Waals surface area contributed by atoms with Crippen LogP contribution in [0.15, 0.2) is 29.8 Å². The SMILES string of the molecule is [C-]#[N+]C1=C([N+]#[C-])N(c2ccc(C)cc2C)[C@@H](C)N1C. The molecule has 0 radical (unpaired) electrons. The molecule has 1 atom stereocenters. The van der Waals surface area contributed by atoms with Crippen molar-refractivity contribution in [3.63, 3.8) is 0 Å². The Balaban J connectivity index is 2.59. The second-order valence-corrected chi connectivity index (χ2v) is 4.77. The van der Waals surface area contributed by atoms with Gasteiger partial charge in [-0.15, -0.1) is 0 Å². The lowest BCUT2D eigenvalue weighted by Gasteiger charge is -2.24. The summed E-state index contributed by atoms with van der Waals surface area (Å²) in [6.07, 6.45) is -0.0189. The van der Waals surface area contributed by atoms with E-state index in [1.165, 1.54) is 5.56 Å². The maximum absolute atomic E-state index is 7.36. The zero-order valence-electron chi connectivity index (χ0n) is 11.6. The highest BCUT2D eigenvalue weighted by Gasteiger charge is 2.39. The number of aryl methyl sites for hydroxylation is 2. The van der Waals surface area contributed by atoms with Crippen LogP contribution in [0.4, 0.5) is 5.69 Å². The molecule has 0 aromatic heterocycles. The van der Waals surface area contributed by atoms with Crippen LogP contribution in [0.1, 0.15) is 18.1 Å². The molecule has 0 spiro atoms. The van der Waals surface area contributed by atoms with Crippen LogP contribution in [0.5, 0.6) is 0 Å². The fourth-order valence-electron chi connectivity index (χ4n) is 2.42. The molecule has 1 aliphatic rings. The van der Waals surface area contributed by atoms with E-state index in [1.54, 1.807) is 0 Å². The Labute approximate surface area is 114 Å². The molecule has 19 heavy (non-hydrogen) atoms. The van der Waals surface area contributed by atoms with Crippen molar-refractivity contribution in [2.24, 2.45) is 0 Å². The summed E-state index contributed by atoms with van der Waals surface area (Å²) in [6, 6.07) is 6.15. The van der Waals surface area contributed by atoms with E-state index in [1.807, 2.05) is 49.8 Å². The molecule has 0 amide bonds. The van der Waals surface area contributed by atoms with Crippen LogP contribution in [0.2, 0.25) is 0 Å². The minimum atomic E-state index is -0.0189. The topological polar surface area (TPSA) is 15.2 Å². The van der Waals surface area contributed by atoms with Crippen molar-refractivity contribution in [1.82, 2.24) is 4.90 Å². The number of hydrogen-bond donors (Lipinski definition) is 0. The number of hydrogen-bond acceptors (Lipinski definition) is 2. The van der Waals surface area contributed by atoms with Crippen molar-refractivity contribution in [3.05, 3.63) is 63.8 Å². The Kier molecular flexibility index (Phi) is 3.19. The average molecular weight is 252 g/mol. The Morgan fingerprint density at radius 2 is 1.74 bits per heavy atom. The molecule has 1 aromatic carbocycles. The average Bonchev–Trinajstić information content (AvgIpc) is 2.62. The van der Waals surface area contributed by atoms with Gasteiger partial charge in [0.2, 0.25) is 12.0 Å². The van der Waals surface area contributed by atoms with E-state index in [0.717, 1.165) is 11.3 Å². The summed E-state index contributed by atoms with van der Waals surface area (Å²) in [5.41, 5.74) is 3.31. The van der Waals surface area contributed by atoms with Crippen molar-refractivity contribution in [3.8, 4) is 0 Å². The molecular formula is C15H16N4. The van der Waals surface area contributed by atoms with Crippen LogP contribution in [-0.2, 0) is 0 Å². The van der Waals surface area contributed by atoms with Gasteiger partial charge in [0.15, 0.2) is 0 Å². The lowest BCUT2D eigenvalue weighted by atomic mass is 10.1.